The molecule has 0 bridgehead atoms. The molecule has 5 heteroatoms. The highest BCUT2D eigenvalue weighted by atomic mass is 35.5. The van der Waals surface area contributed by atoms with Crippen molar-refractivity contribution < 1.29 is 4.79 Å². The SMILES string of the molecule is Cl.N[C@@H](Cc1c[nH]c2ccccc12)C(=O)NC1Cc2ccccc2C1. The van der Waals surface area contributed by atoms with Crippen molar-refractivity contribution in [2.24, 2.45) is 5.73 Å². The molecule has 0 fully saturated rings. The van der Waals surface area contributed by atoms with Gasteiger partial charge in [0.1, 0.15) is 0 Å². The molecule has 1 aliphatic rings. The molecule has 4 nitrogen and oxygen atoms in total. The number of nitrogens with one attached hydrogen (secondary N) is 2. The van der Waals surface area contributed by atoms with Crippen LogP contribution in [0, 0.1) is 0 Å². The average molecular weight is 356 g/mol. The Labute approximate surface area is 153 Å². The first-order valence-electron chi connectivity index (χ1n) is 8.38. The Morgan fingerprint density at radius 1 is 1.12 bits per heavy atom. The lowest BCUT2D eigenvalue weighted by molar-refractivity contribution is -0.123. The second kappa shape index (κ2) is 7.30. The van der Waals surface area contributed by atoms with Crippen molar-refractivity contribution in [3.63, 3.8) is 0 Å². The average Bonchev–Trinajstić information content (AvgIpc) is 3.18. The molecule has 1 atom stereocenters. The van der Waals surface area contributed by atoms with Gasteiger partial charge in [-0.3, -0.25) is 4.79 Å². The summed E-state index contributed by atoms with van der Waals surface area (Å²) in [5, 5.41) is 4.25. The Balaban J connectivity index is 0.00000182. The number of benzene rings is 2. The van der Waals surface area contributed by atoms with Gasteiger partial charge in [-0.2, -0.15) is 0 Å². The van der Waals surface area contributed by atoms with E-state index in [1.807, 2.05) is 36.5 Å². The van der Waals surface area contributed by atoms with Crippen LogP contribution in [0.4, 0.5) is 0 Å². The number of hydrogen-bond acceptors (Lipinski definition) is 2. The van der Waals surface area contributed by atoms with Crippen LogP contribution in [-0.4, -0.2) is 23.0 Å². The number of aromatic amines is 1. The summed E-state index contributed by atoms with van der Waals surface area (Å²) in [6, 6.07) is 16.1. The summed E-state index contributed by atoms with van der Waals surface area (Å²) in [4.78, 5) is 15.7. The minimum absolute atomic E-state index is 0. The van der Waals surface area contributed by atoms with Crippen molar-refractivity contribution >= 4 is 29.2 Å². The van der Waals surface area contributed by atoms with Gasteiger partial charge in [0.25, 0.3) is 0 Å². The highest BCUT2D eigenvalue weighted by Crippen LogP contribution is 2.22. The molecule has 1 aliphatic carbocycles. The van der Waals surface area contributed by atoms with Crippen LogP contribution in [-0.2, 0) is 24.1 Å². The van der Waals surface area contributed by atoms with E-state index in [1.54, 1.807) is 0 Å². The van der Waals surface area contributed by atoms with Crippen LogP contribution >= 0.6 is 12.4 Å². The van der Waals surface area contributed by atoms with Gasteiger partial charge in [-0.1, -0.05) is 42.5 Å². The van der Waals surface area contributed by atoms with E-state index >= 15 is 0 Å². The maximum atomic E-state index is 12.5. The molecule has 130 valence electrons. The summed E-state index contributed by atoms with van der Waals surface area (Å²) in [5.41, 5.74) is 11.0. The van der Waals surface area contributed by atoms with Gasteiger partial charge >= 0.3 is 0 Å². The van der Waals surface area contributed by atoms with Crippen LogP contribution in [0.3, 0.4) is 0 Å². The molecule has 0 radical (unpaired) electrons. The molecule has 0 saturated carbocycles. The van der Waals surface area contributed by atoms with Crippen molar-refractivity contribution in [1.82, 2.24) is 10.3 Å². The fraction of sp³-hybridized carbons (Fsp3) is 0.250. The highest BCUT2D eigenvalue weighted by Gasteiger charge is 2.25. The lowest BCUT2D eigenvalue weighted by atomic mass is 10.0. The van der Waals surface area contributed by atoms with E-state index in [0.717, 1.165) is 29.3 Å². The molecule has 0 saturated heterocycles. The molecule has 3 aromatic rings. The number of carbonyl (C=O) groups is 1. The van der Waals surface area contributed by atoms with Crippen molar-refractivity contribution in [2.75, 3.05) is 0 Å². The van der Waals surface area contributed by atoms with Crippen LogP contribution in [0.5, 0.6) is 0 Å². The third kappa shape index (κ3) is 3.55. The molecule has 4 rings (SSSR count). The predicted octanol–water partition coefficient (Wildman–Crippen LogP) is 2.74. The third-order valence-electron chi connectivity index (χ3n) is 4.85. The van der Waals surface area contributed by atoms with Crippen molar-refractivity contribution in [3.8, 4) is 0 Å². The number of aromatic nitrogens is 1. The molecule has 4 N–H and O–H groups in total. The number of H-pyrrole nitrogens is 1. The topological polar surface area (TPSA) is 70.9 Å². The van der Waals surface area contributed by atoms with Gasteiger partial charge in [0.15, 0.2) is 0 Å². The normalized spacial score (nSPS) is 14.8. The molecule has 1 heterocycles. The predicted molar refractivity (Wildman–Crippen MR) is 103 cm³/mol. The standard InChI is InChI=1S/C20H21N3O.ClH/c21-18(11-15-12-22-19-8-4-3-7-17(15)19)20(24)23-16-9-13-5-1-2-6-14(13)10-16;/h1-8,12,16,18,22H,9-11,21H2,(H,23,24);1H/t18-;/m0./s1. The summed E-state index contributed by atoms with van der Waals surface area (Å²) in [7, 11) is 0. The number of fused-ring (bicyclic) bond motifs is 2. The Kier molecular flexibility index (Phi) is 5.11. The number of nitrogens with two attached hydrogens (primary N) is 1. The van der Waals surface area contributed by atoms with Gasteiger partial charge in [0.2, 0.25) is 5.91 Å². The summed E-state index contributed by atoms with van der Waals surface area (Å²) in [6.45, 7) is 0. The summed E-state index contributed by atoms with van der Waals surface area (Å²) in [6.07, 6.45) is 4.27. The van der Waals surface area contributed by atoms with Crippen LogP contribution in [0.25, 0.3) is 10.9 Å². The Morgan fingerprint density at radius 2 is 1.76 bits per heavy atom. The van der Waals surface area contributed by atoms with Crippen LogP contribution in [0.15, 0.2) is 54.7 Å². The zero-order valence-electron chi connectivity index (χ0n) is 13.9. The minimum atomic E-state index is -0.534. The number of hydrogen-bond donors (Lipinski definition) is 3. The van der Waals surface area contributed by atoms with Gasteiger partial charge in [0.05, 0.1) is 6.04 Å². The zero-order chi connectivity index (χ0) is 16.5. The maximum Gasteiger partial charge on any atom is 0.237 e. The fourth-order valence-electron chi connectivity index (χ4n) is 3.60. The monoisotopic (exact) mass is 355 g/mol. The van der Waals surface area contributed by atoms with Crippen LogP contribution in [0.1, 0.15) is 16.7 Å². The van der Waals surface area contributed by atoms with E-state index in [2.05, 4.69) is 28.5 Å². The lowest BCUT2D eigenvalue weighted by Gasteiger charge is -2.16. The largest absolute Gasteiger partial charge is 0.361 e. The first-order valence-corrected chi connectivity index (χ1v) is 8.38. The zero-order valence-corrected chi connectivity index (χ0v) is 14.7. The molecule has 1 aromatic heterocycles. The van der Waals surface area contributed by atoms with E-state index in [9.17, 15) is 4.79 Å². The number of halogens is 1. The summed E-state index contributed by atoms with van der Waals surface area (Å²) >= 11 is 0. The van der Waals surface area contributed by atoms with E-state index in [-0.39, 0.29) is 24.4 Å². The van der Waals surface area contributed by atoms with Crippen LogP contribution in [0.2, 0.25) is 0 Å². The quantitative estimate of drug-likeness (QED) is 0.673. The number of carbonyl (C=O) groups excluding carboxylic acids is 1. The number of rotatable bonds is 4. The Hall–Kier alpha value is -2.30. The second-order valence-corrected chi connectivity index (χ2v) is 6.55. The molecule has 0 unspecified atom stereocenters. The molecule has 2 aromatic carbocycles. The molecule has 25 heavy (non-hydrogen) atoms. The van der Waals surface area contributed by atoms with E-state index in [4.69, 9.17) is 5.73 Å². The van der Waals surface area contributed by atoms with E-state index < -0.39 is 6.04 Å². The molecule has 0 spiro atoms. The summed E-state index contributed by atoms with van der Waals surface area (Å²) < 4.78 is 0. The lowest BCUT2D eigenvalue weighted by Crippen LogP contribution is -2.46. The maximum absolute atomic E-state index is 12.5. The number of para-hydroxylation sites is 1. The van der Waals surface area contributed by atoms with Crippen molar-refractivity contribution in [3.05, 3.63) is 71.4 Å². The number of amides is 1. The van der Waals surface area contributed by atoms with Gasteiger partial charge in [-0.15, -0.1) is 12.4 Å². The summed E-state index contributed by atoms with van der Waals surface area (Å²) in [5.74, 6) is -0.0712. The molecular formula is C20H22ClN3O. The first kappa shape index (κ1) is 17.5. The Morgan fingerprint density at radius 3 is 2.48 bits per heavy atom. The third-order valence-corrected chi connectivity index (χ3v) is 4.85. The van der Waals surface area contributed by atoms with Crippen molar-refractivity contribution in [1.29, 1.82) is 0 Å². The minimum Gasteiger partial charge on any atom is -0.361 e. The molecule has 1 amide bonds. The van der Waals surface area contributed by atoms with E-state index in [0.29, 0.717) is 6.42 Å². The van der Waals surface area contributed by atoms with Gasteiger partial charge in [0, 0.05) is 23.1 Å². The molecule has 0 aliphatic heterocycles. The van der Waals surface area contributed by atoms with Gasteiger partial charge in [-0.05, 0) is 42.0 Å². The first-order chi connectivity index (χ1) is 11.7. The fourth-order valence-corrected chi connectivity index (χ4v) is 3.60. The highest BCUT2D eigenvalue weighted by molar-refractivity contribution is 5.86. The second-order valence-electron chi connectivity index (χ2n) is 6.55. The molecular weight excluding hydrogens is 334 g/mol. The van der Waals surface area contributed by atoms with Crippen LogP contribution < -0.4 is 11.1 Å². The van der Waals surface area contributed by atoms with Gasteiger partial charge < -0.3 is 16.0 Å². The van der Waals surface area contributed by atoms with E-state index in [1.165, 1.54) is 11.1 Å². The van der Waals surface area contributed by atoms with Gasteiger partial charge in [-0.25, -0.2) is 0 Å². The smallest absolute Gasteiger partial charge is 0.237 e. The Bertz CT molecular complexity index is 864. The van der Waals surface area contributed by atoms with Crippen molar-refractivity contribution in [2.45, 2.75) is 31.3 Å².